The number of esters is 1. The summed E-state index contributed by atoms with van der Waals surface area (Å²) in [4.78, 5) is 21.5. The molecule has 0 atom stereocenters. The highest BCUT2D eigenvalue weighted by Crippen LogP contribution is 1.99. The first-order chi connectivity index (χ1) is 6.27. The highest BCUT2D eigenvalue weighted by atomic mass is 16.5. The second-order valence-electron chi connectivity index (χ2n) is 2.48. The lowest BCUT2D eigenvalue weighted by Crippen LogP contribution is -2.14. The van der Waals surface area contributed by atoms with Gasteiger partial charge in [-0.05, 0) is 19.1 Å². The molecule has 0 saturated carbocycles. The van der Waals surface area contributed by atoms with Crippen molar-refractivity contribution in [2.24, 2.45) is 0 Å². The topological polar surface area (TPSA) is 48.3 Å². The van der Waals surface area contributed by atoms with E-state index in [4.69, 9.17) is 4.74 Å². The van der Waals surface area contributed by atoms with Crippen molar-refractivity contribution in [3.8, 4) is 0 Å². The lowest BCUT2D eigenvalue weighted by molar-refractivity contribution is -0.143. The fraction of sp³-hybridized carbons (Fsp3) is 0.333. The summed E-state index contributed by atoms with van der Waals surface area (Å²) in [7, 11) is 0. The Morgan fingerprint density at radius 3 is 3.08 bits per heavy atom. The third kappa shape index (κ3) is 2.43. The van der Waals surface area contributed by atoms with Crippen LogP contribution in [0.2, 0.25) is 0 Å². The van der Waals surface area contributed by atoms with Gasteiger partial charge in [-0.15, -0.1) is 0 Å². The molecule has 13 heavy (non-hydrogen) atoms. The summed E-state index contributed by atoms with van der Waals surface area (Å²) in [6.07, 6.45) is 2.37. The Balaban J connectivity index is 2.62. The average molecular weight is 181 g/mol. The van der Waals surface area contributed by atoms with Gasteiger partial charge in [0.1, 0.15) is 6.54 Å². The molecule has 0 bridgehead atoms. The molecule has 0 fully saturated rings. The minimum atomic E-state index is -0.332. The molecule has 0 spiro atoms. The smallest absolute Gasteiger partial charge is 0.325 e. The van der Waals surface area contributed by atoms with Crippen molar-refractivity contribution in [1.29, 1.82) is 0 Å². The Morgan fingerprint density at radius 2 is 2.46 bits per heavy atom. The lowest BCUT2D eigenvalue weighted by Gasteiger charge is -2.04. The quantitative estimate of drug-likeness (QED) is 0.511. The SMILES string of the molecule is CCOC(=O)Cn1cccc1C=O. The number of aldehydes is 1. The second kappa shape index (κ2) is 4.45. The van der Waals surface area contributed by atoms with Gasteiger partial charge in [-0.25, -0.2) is 0 Å². The monoisotopic (exact) mass is 181 g/mol. The Hall–Kier alpha value is -1.58. The van der Waals surface area contributed by atoms with Crippen LogP contribution in [0.25, 0.3) is 0 Å². The number of hydrogen-bond donors (Lipinski definition) is 0. The van der Waals surface area contributed by atoms with E-state index in [0.29, 0.717) is 18.6 Å². The molecule has 0 N–H and O–H groups in total. The first-order valence-corrected chi connectivity index (χ1v) is 4.04. The summed E-state index contributed by atoms with van der Waals surface area (Å²) >= 11 is 0. The molecule has 0 aromatic carbocycles. The number of hydrogen-bond acceptors (Lipinski definition) is 3. The molecule has 0 aliphatic rings. The Morgan fingerprint density at radius 1 is 1.69 bits per heavy atom. The second-order valence-corrected chi connectivity index (χ2v) is 2.48. The molecule has 0 radical (unpaired) electrons. The van der Waals surface area contributed by atoms with Crippen LogP contribution in [0.15, 0.2) is 18.3 Å². The third-order valence-electron chi connectivity index (χ3n) is 1.59. The Bertz CT molecular complexity index is 304. The number of rotatable bonds is 4. The van der Waals surface area contributed by atoms with Gasteiger partial charge < -0.3 is 9.30 Å². The van der Waals surface area contributed by atoms with Crippen LogP contribution in [-0.2, 0) is 16.1 Å². The van der Waals surface area contributed by atoms with E-state index in [1.807, 2.05) is 0 Å². The van der Waals surface area contributed by atoms with E-state index in [-0.39, 0.29) is 12.5 Å². The van der Waals surface area contributed by atoms with Crippen molar-refractivity contribution in [2.75, 3.05) is 6.61 Å². The van der Waals surface area contributed by atoms with E-state index in [9.17, 15) is 9.59 Å². The lowest BCUT2D eigenvalue weighted by atomic mass is 10.4. The molecule has 1 aromatic rings. The van der Waals surface area contributed by atoms with Gasteiger partial charge in [0.2, 0.25) is 0 Å². The van der Waals surface area contributed by atoms with Crippen LogP contribution >= 0.6 is 0 Å². The van der Waals surface area contributed by atoms with Crippen molar-refractivity contribution >= 4 is 12.3 Å². The van der Waals surface area contributed by atoms with Gasteiger partial charge in [0.05, 0.1) is 12.3 Å². The largest absolute Gasteiger partial charge is 0.465 e. The van der Waals surface area contributed by atoms with Gasteiger partial charge >= 0.3 is 5.97 Å². The summed E-state index contributed by atoms with van der Waals surface area (Å²) in [5.74, 6) is -0.332. The summed E-state index contributed by atoms with van der Waals surface area (Å²) in [6, 6.07) is 3.36. The molecule has 4 heteroatoms. The van der Waals surface area contributed by atoms with Crippen molar-refractivity contribution in [3.05, 3.63) is 24.0 Å². The summed E-state index contributed by atoms with van der Waals surface area (Å²) in [5, 5.41) is 0. The van der Waals surface area contributed by atoms with E-state index in [0.717, 1.165) is 0 Å². The number of carbonyl (C=O) groups excluding carboxylic acids is 2. The molecular formula is C9H11NO3. The molecule has 0 unspecified atom stereocenters. The van der Waals surface area contributed by atoms with E-state index < -0.39 is 0 Å². The Kier molecular flexibility index (Phi) is 3.25. The molecule has 0 aliphatic carbocycles. The normalized spacial score (nSPS) is 9.62. The summed E-state index contributed by atoms with van der Waals surface area (Å²) < 4.78 is 6.29. The highest BCUT2D eigenvalue weighted by Gasteiger charge is 2.05. The molecule has 0 amide bonds. The van der Waals surface area contributed by atoms with Crippen molar-refractivity contribution in [2.45, 2.75) is 13.5 Å². The van der Waals surface area contributed by atoms with Crippen LogP contribution in [0.5, 0.6) is 0 Å². The maximum atomic E-state index is 11.0. The van der Waals surface area contributed by atoms with Gasteiger partial charge in [0.25, 0.3) is 0 Å². The standard InChI is InChI=1S/C9H11NO3/c1-2-13-9(12)6-10-5-3-4-8(10)7-11/h3-5,7H,2,6H2,1H3. The van der Waals surface area contributed by atoms with Crippen LogP contribution in [0.1, 0.15) is 17.4 Å². The minimum Gasteiger partial charge on any atom is -0.465 e. The van der Waals surface area contributed by atoms with E-state index in [1.54, 1.807) is 29.8 Å². The highest BCUT2D eigenvalue weighted by molar-refractivity contribution is 5.75. The molecule has 4 nitrogen and oxygen atoms in total. The minimum absolute atomic E-state index is 0.0922. The first kappa shape index (κ1) is 9.51. The van der Waals surface area contributed by atoms with Crippen molar-refractivity contribution in [1.82, 2.24) is 4.57 Å². The Labute approximate surface area is 76.1 Å². The maximum Gasteiger partial charge on any atom is 0.325 e. The molecule has 1 heterocycles. The third-order valence-corrected chi connectivity index (χ3v) is 1.59. The maximum absolute atomic E-state index is 11.0. The van der Waals surface area contributed by atoms with Crippen LogP contribution in [0.3, 0.4) is 0 Å². The number of ether oxygens (including phenoxy) is 1. The van der Waals surface area contributed by atoms with E-state index >= 15 is 0 Å². The summed E-state index contributed by atoms with van der Waals surface area (Å²) in [5.41, 5.74) is 0.480. The molecule has 70 valence electrons. The molecule has 0 saturated heterocycles. The van der Waals surface area contributed by atoms with Crippen molar-refractivity contribution in [3.63, 3.8) is 0 Å². The van der Waals surface area contributed by atoms with Crippen LogP contribution in [0.4, 0.5) is 0 Å². The van der Waals surface area contributed by atoms with Gasteiger partial charge in [-0.1, -0.05) is 0 Å². The molecular weight excluding hydrogens is 170 g/mol. The zero-order valence-corrected chi connectivity index (χ0v) is 7.40. The van der Waals surface area contributed by atoms with E-state index in [2.05, 4.69) is 0 Å². The fourth-order valence-electron chi connectivity index (χ4n) is 1.02. The van der Waals surface area contributed by atoms with Gasteiger partial charge in [0, 0.05) is 6.20 Å². The van der Waals surface area contributed by atoms with Gasteiger partial charge in [-0.2, -0.15) is 0 Å². The predicted octanol–water partition coefficient (Wildman–Crippen LogP) is 0.864. The average Bonchev–Trinajstić information content (AvgIpc) is 2.52. The van der Waals surface area contributed by atoms with Gasteiger partial charge in [-0.3, -0.25) is 9.59 Å². The number of aromatic nitrogens is 1. The number of nitrogens with zero attached hydrogens (tertiary/aromatic N) is 1. The van der Waals surface area contributed by atoms with E-state index in [1.165, 1.54) is 0 Å². The molecule has 1 aromatic heterocycles. The number of carbonyl (C=O) groups is 2. The van der Waals surface area contributed by atoms with Crippen LogP contribution < -0.4 is 0 Å². The molecule has 0 aliphatic heterocycles. The zero-order valence-electron chi connectivity index (χ0n) is 7.40. The first-order valence-electron chi connectivity index (χ1n) is 4.04. The van der Waals surface area contributed by atoms with Gasteiger partial charge in [0.15, 0.2) is 6.29 Å². The summed E-state index contributed by atoms with van der Waals surface area (Å²) in [6.45, 7) is 2.19. The van der Waals surface area contributed by atoms with Crippen molar-refractivity contribution < 1.29 is 14.3 Å². The molecule has 1 rings (SSSR count). The van der Waals surface area contributed by atoms with Crippen LogP contribution in [0, 0.1) is 0 Å². The predicted molar refractivity (Wildman–Crippen MR) is 46.5 cm³/mol. The fourth-order valence-corrected chi connectivity index (χ4v) is 1.02. The zero-order chi connectivity index (χ0) is 9.68. The van der Waals surface area contributed by atoms with Crippen LogP contribution in [-0.4, -0.2) is 23.4 Å².